The molecule has 0 spiro atoms. The van der Waals surface area contributed by atoms with Gasteiger partial charge in [0.2, 0.25) is 5.91 Å². The molecule has 2 amide bonds. The third-order valence-electron chi connectivity index (χ3n) is 4.75. The van der Waals surface area contributed by atoms with Crippen LogP contribution in [0.2, 0.25) is 5.02 Å². The molecule has 6 heteroatoms. The number of β-amino-alcohol motifs (C(OH)–C–C–N with tert-alkyl or cyclic N) is 1. The van der Waals surface area contributed by atoms with Gasteiger partial charge in [-0.3, -0.25) is 9.59 Å². The van der Waals surface area contributed by atoms with E-state index in [1.165, 1.54) is 0 Å². The Labute approximate surface area is 134 Å². The molecule has 1 heterocycles. The van der Waals surface area contributed by atoms with Crippen LogP contribution in [-0.2, 0) is 15.0 Å². The first-order valence-electron chi connectivity index (χ1n) is 7.45. The van der Waals surface area contributed by atoms with Gasteiger partial charge in [0.05, 0.1) is 12.0 Å². The molecular weight excluding hydrogens is 304 g/mol. The van der Waals surface area contributed by atoms with E-state index in [1.54, 1.807) is 11.0 Å². The van der Waals surface area contributed by atoms with E-state index in [0.29, 0.717) is 24.4 Å². The highest BCUT2D eigenvalue weighted by Gasteiger charge is 2.54. The first-order valence-corrected chi connectivity index (χ1v) is 7.83. The highest BCUT2D eigenvalue weighted by molar-refractivity contribution is 6.30. The first-order chi connectivity index (χ1) is 10.4. The highest BCUT2D eigenvalue weighted by atomic mass is 35.5. The van der Waals surface area contributed by atoms with Crippen LogP contribution in [-0.4, -0.2) is 40.5 Å². The lowest BCUT2D eigenvalue weighted by Crippen LogP contribution is -2.58. The number of carbonyl (C=O) groups excluding carboxylic acids is 2. The van der Waals surface area contributed by atoms with Gasteiger partial charge in [-0.05, 0) is 43.4 Å². The zero-order chi connectivity index (χ0) is 16.0. The third kappa shape index (κ3) is 2.48. The van der Waals surface area contributed by atoms with E-state index in [1.807, 2.05) is 18.2 Å². The lowest BCUT2D eigenvalue weighted by Gasteiger charge is -2.38. The summed E-state index contributed by atoms with van der Waals surface area (Å²) in [6, 6.07) is 7.33. The molecule has 22 heavy (non-hydrogen) atoms. The van der Waals surface area contributed by atoms with Gasteiger partial charge in [0, 0.05) is 11.6 Å². The predicted molar refractivity (Wildman–Crippen MR) is 82.3 cm³/mol. The molecule has 0 unspecified atom stereocenters. The summed E-state index contributed by atoms with van der Waals surface area (Å²) in [6.07, 6.45) is 2.39. The number of hydrogen-bond acceptors (Lipinski definition) is 3. The second-order valence-electron chi connectivity index (χ2n) is 6.32. The van der Waals surface area contributed by atoms with Crippen molar-refractivity contribution < 1.29 is 14.7 Å². The van der Waals surface area contributed by atoms with Crippen molar-refractivity contribution in [2.24, 2.45) is 5.73 Å². The fourth-order valence-corrected chi connectivity index (χ4v) is 3.44. The van der Waals surface area contributed by atoms with E-state index in [4.69, 9.17) is 17.3 Å². The van der Waals surface area contributed by atoms with Crippen molar-refractivity contribution in [2.75, 3.05) is 13.1 Å². The molecule has 118 valence electrons. The normalized spacial score (nSPS) is 26.5. The maximum Gasteiger partial charge on any atom is 0.251 e. The second-order valence-corrected chi connectivity index (χ2v) is 6.75. The molecule has 1 aliphatic carbocycles. The Hall–Kier alpha value is -1.59. The van der Waals surface area contributed by atoms with Crippen LogP contribution in [0.3, 0.4) is 0 Å². The molecule has 1 aromatic carbocycles. The number of likely N-dealkylation sites (tertiary alicyclic amines) is 1. The Morgan fingerprint density at radius 1 is 1.27 bits per heavy atom. The van der Waals surface area contributed by atoms with Gasteiger partial charge in [0.15, 0.2) is 5.60 Å². The first kappa shape index (κ1) is 15.3. The summed E-state index contributed by atoms with van der Waals surface area (Å²) < 4.78 is 0. The summed E-state index contributed by atoms with van der Waals surface area (Å²) >= 11 is 6.03. The number of primary amides is 1. The molecular formula is C16H19ClN2O3. The number of nitrogens with two attached hydrogens (primary N) is 1. The summed E-state index contributed by atoms with van der Waals surface area (Å²) in [5.74, 6) is -0.813. The van der Waals surface area contributed by atoms with Gasteiger partial charge in [0.25, 0.3) is 5.91 Å². The minimum Gasteiger partial charge on any atom is -0.378 e. The number of aliphatic hydroxyl groups is 1. The number of rotatable bonds is 3. The molecule has 3 rings (SSSR count). The molecule has 5 nitrogen and oxygen atoms in total. The summed E-state index contributed by atoms with van der Waals surface area (Å²) in [7, 11) is 0. The molecule has 0 aromatic heterocycles. The molecule has 1 saturated heterocycles. The van der Waals surface area contributed by atoms with Crippen molar-refractivity contribution >= 4 is 23.4 Å². The molecule has 1 aromatic rings. The molecule has 0 radical (unpaired) electrons. The van der Waals surface area contributed by atoms with E-state index in [2.05, 4.69) is 0 Å². The van der Waals surface area contributed by atoms with Crippen LogP contribution in [0.5, 0.6) is 0 Å². The predicted octanol–water partition coefficient (Wildman–Crippen LogP) is 1.21. The minimum atomic E-state index is -1.61. The Morgan fingerprint density at radius 2 is 2.00 bits per heavy atom. The van der Waals surface area contributed by atoms with Crippen molar-refractivity contribution in [3.05, 3.63) is 34.9 Å². The van der Waals surface area contributed by atoms with E-state index < -0.39 is 16.9 Å². The van der Waals surface area contributed by atoms with Gasteiger partial charge >= 0.3 is 0 Å². The van der Waals surface area contributed by atoms with E-state index in [0.717, 1.165) is 18.4 Å². The number of amides is 2. The summed E-state index contributed by atoms with van der Waals surface area (Å²) in [4.78, 5) is 25.9. The Kier molecular flexibility index (Phi) is 3.65. The Balaban J connectivity index is 1.83. The van der Waals surface area contributed by atoms with Crippen LogP contribution >= 0.6 is 11.6 Å². The highest BCUT2D eigenvalue weighted by Crippen LogP contribution is 2.50. The number of carbonyl (C=O) groups is 2. The number of hydrogen-bond donors (Lipinski definition) is 2. The SMILES string of the molecule is NC(=O)[C@]1(O)CCCN(C(=O)C2(c3cccc(Cl)c3)CC2)C1. The van der Waals surface area contributed by atoms with Crippen molar-refractivity contribution in [3.63, 3.8) is 0 Å². The minimum absolute atomic E-state index is 0.0243. The van der Waals surface area contributed by atoms with Gasteiger partial charge in [0.1, 0.15) is 0 Å². The largest absolute Gasteiger partial charge is 0.378 e. The average Bonchev–Trinajstić information content (AvgIpc) is 3.28. The maximum absolute atomic E-state index is 12.9. The zero-order valence-corrected chi connectivity index (χ0v) is 13.0. The second kappa shape index (κ2) is 5.25. The quantitative estimate of drug-likeness (QED) is 0.877. The fraction of sp³-hybridized carbons (Fsp3) is 0.500. The van der Waals surface area contributed by atoms with Gasteiger partial charge in [-0.25, -0.2) is 0 Å². The smallest absolute Gasteiger partial charge is 0.251 e. The van der Waals surface area contributed by atoms with Gasteiger partial charge in [-0.1, -0.05) is 23.7 Å². The number of piperidine rings is 1. The topological polar surface area (TPSA) is 83.6 Å². The monoisotopic (exact) mass is 322 g/mol. The van der Waals surface area contributed by atoms with E-state index in [-0.39, 0.29) is 12.5 Å². The Bertz CT molecular complexity index is 630. The molecule has 0 bridgehead atoms. The average molecular weight is 323 g/mol. The standard InChI is InChI=1S/C16H19ClN2O3/c17-12-4-1-3-11(9-12)15(6-7-15)14(21)19-8-2-5-16(22,10-19)13(18)20/h1,3-4,9,22H,2,5-8,10H2,(H2,18,20)/t16-/m0/s1. The summed E-state index contributed by atoms with van der Waals surface area (Å²) in [6.45, 7) is 0.514. The number of halogens is 1. The van der Waals surface area contributed by atoms with Crippen molar-refractivity contribution in [2.45, 2.75) is 36.7 Å². The lowest BCUT2D eigenvalue weighted by atomic mass is 9.89. The van der Waals surface area contributed by atoms with E-state index in [9.17, 15) is 14.7 Å². The molecule has 1 saturated carbocycles. The fourth-order valence-electron chi connectivity index (χ4n) is 3.25. The van der Waals surface area contributed by atoms with Crippen LogP contribution in [0.4, 0.5) is 0 Å². The molecule has 1 atom stereocenters. The van der Waals surface area contributed by atoms with Crippen molar-refractivity contribution in [1.29, 1.82) is 0 Å². The Morgan fingerprint density at radius 3 is 2.59 bits per heavy atom. The van der Waals surface area contributed by atoms with Crippen LogP contribution in [0.25, 0.3) is 0 Å². The molecule has 1 aliphatic heterocycles. The van der Waals surface area contributed by atoms with Crippen LogP contribution in [0.1, 0.15) is 31.2 Å². The van der Waals surface area contributed by atoms with Crippen LogP contribution in [0.15, 0.2) is 24.3 Å². The van der Waals surface area contributed by atoms with E-state index >= 15 is 0 Å². The van der Waals surface area contributed by atoms with Gasteiger partial charge in [-0.15, -0.1) is 0 Å². The summed E-state index contributed by atoms with van der Waals surface area (Å²) in [5.41, 5.74) is 4.01. The summed E-state index contributed by atoms with van der Waals surface area (Å²) in [5, 5.41) is 10.9. The molecule has 3 N–H and O–H groups in total. The van der Waals surface area contributed by atoms with Crippen LogP contribution < -0.4 is 5.73 Å². The number of nitrogens with zero attached hydrogens (tertiary/aromatic N) is 1. The van der Waals surface area contributed by atoms with Crippen molar-refractivity contribution in [3.8, 4) is 0 Å². The lowest BCUT2D eigenvalue weighted by molar-refractivity contribution is -0.150. The van der Waals surface area contributed by atoms with Crippen LogP contribution in [0, 0.1) is 0 Å². The van der Waals surface area contributed by atoms with Gasteiger partial charge < -0.3 is 15.7 Å². The molecule has 2 aliphatic rings. The van der Waals surface area contributed by atoms with Gasteiger partial charge in [-0.2, -0.15) is 0 Å². The van der Waals surface area contributed by atoms with Crippen molar-refractivity contribution in [1.82, 2.24) is 4.90 Å². The number of benzene rings is 1. The maximum atomic E-state index is 12.9. The molecule has 2 fully saturated rings. The zero-order valence-electron chi connectivity index (χ0n) is 12.2. The third-order valence-corrected chi connectivity index (χ3v) is 4.99.